The minimum atomic E-state index is -4.37. The van der Waals surface area contributed by atoms with Gasteiger partial charge in [-0.05, 0) is 55.0 Å². The van der Waals surface area contributed by atoms with Gasteiger partial charge in [0.25, 0.3) is 0 Å². The van der Waals surface area contributed by atoms with Gasteiger partial charge in [-0.1, -0.05) is 6.07 Å². The van der Waals surface area contributed by atoms with Crippen molar-refractivity contribution in [3.05, 3.63) is 53.1 Å². The maximum Gasteiger partial charge on any atom is 0.408 e. The lowest BCUT2D eigenvalue weighted by molar-refractivity contribution is -0.142. The Kier molecular flexibility index (Phi) is 5.62. The first-order valence-electron chi connectivity index (χ1n) is 8.55. The molecule has 4 nitrogen and oxygen atoms in total. The van der Waals surface area contributed by atoms with Gasteiger partial charge in [-0.15, -0.1) is 0 Å². The minimum absolute atomic E-state index is 0.0802. The molecule has 0 saturated carbocycles. The van der Waals surface area contributed by atoms with Gasteiger partial charge in [0.05, 0.1) is 11.3 Å². The molecule has 27 heavy (non-hydrogen) atoms. The van der Waals surface area contributed by atoms with E-state index in [-0.39, 0.29) is 17.9 Å². The second-order valence-corrected chi connectivity index (χ2v) is 6.34. The largest absolute Gasteiger partial charge is 0.488 e. The molecule has 0 atom stereocenters. The summed E-state index contributed by atoms with van der Waals surface area (Å²) in [4.78, 5) is 11.1. The van der Waals surface area contributed by atoms with Crippen LogP contribution in [-0.2, 0) is 6.54 Å². The van der Waals surface area contributed by atoms with Crippen LogP contribution in [0, 0.1) is 5.82 Å². The number of allylic oxidation sites excluding steroid dienone is 1. The molecular weight excluding hydrogens is 364 g/mol. The van der Waals surface area contributed by atoms with Crippen LogP contribution in [0.5, 0.6) is 5.75 Å². The van der Waals surface area contributed by atoms with Crippen LogP contribution in [0.2, 0.25) is 0 Å². The van der Waals surface area contributed by atoms with Gasteiger partial charge in [-0.2, -0.15) is 18.3 Å². The Morgan fingerprint density at radius 3 is 2.70 bits per heavy atom. The molecule has 0 aliphatic heterocycles. The van der Waals surface area contributed by atoms with E-state index >= 15 is 0 Å². The molecule has 0 unspecified atom stereocenters. The summed E-state index contributed by atoms with van der Waals surface area (Å²) in [6.45, 7) is -1.08. The Bertz CT molecular complexity index is 856. The number of carbonyl (C=O) groups excluding carboxylic acids is 1. The standard InChI is InChI=1S/C19H18F4N2O2/c20-16-6-3-7-18(15(16)10-26)27-11-13-4-1-2-5-14(13)17-8-9-24-25(17)12-19(21,22)23/h3,6-10H,1-2,4-5,11-12H2. The van der Waals surface area contributed by atoms with Gasteiger partial charge in [-0.3, -0.25) is 9.48 Å². The van der Waals surface area contributed by atoms with Gasteiger partial charge in [0.2, 0.25) is 0 Å². The van der Waals surface area contributed by atoms with Crippen molar-refractivity contribution < 1.29 is 27.1 Å². The molecule has 144 valence electrons. The molecule has 1 aromatic heterocycles. The van der Waals surface area contributed by atoms with Crippen LogP contribution in [0.15, 0.2) is 36.0 Å². The van der Waals surface area contributed by atoms with E-state index in [1.165, 1.54) is 18.3 Å². The van der Waals surface area contributed by atoms with Crippen molar-refractivity contribution in [2.24, 2.45) is 0 Å². The Morgan fingerprint density at radius 2 is 1.96 bits per heavy atom. The fourth-order valence-electron chi connectivity index (χ4n) is 3.24. The number of hydrogen-bond donors (Lipinski definition) is 0. The highest BCUT2D eigenvalue weighted by atomic mass is 19.4. The lowest BCUT2D eigenvalue weighted by atomic mass is 9.90. The summed E-state index contributed by atoms with van der Waals surface area (Å²) >= 11 is 0. The zero-order chi connectivity index (χ0) is 19.4. The topological polar surface area (TPSA) is 44.1 Å². The summed E-state index contributed by atoms with van der Waals surface area (Å²) in [6, 6.07) is 5.65. The summed E-state index contributed by atoms with van der Waals surface area (Å²) in [5, 5.41) is 3.79. The van der Waals surface area contributed by atoms with Gasteiger partial charge in [0.1, 0.15) is 24.7 Å². The number of hydrogen-bond acceptors (Lipinski definition) is 3. The van der Waals surface area contributed by atoms with E-state index in [2.05, 4.69) is 5.10 Å². The third kappa shape index (κ3) is 4.56. The van der Waals surface area contributed by atoms with Crippen LogP contribution in [0.1, 0.15) is 41.7 Å². The fraction of sp³-hybridized carbons (Fsp3) is 0.368. The van der Waals surface area contributed by atoms with Crippen molar-refractivity contribution in [2.45, 2.75) is 38.4 Å². The summed E-state index contributed by atoms with van der Waals surface area (Å²) < 4.78 is 58.6. The summed E-state index contributed by atoms with van der Waals surface area (Å²) in [7, 11) is 0. The molecule has 0 saturated heterocycles. The number of ether oxygens (including phenoxy) is 1. The van der Waals surface area contributed by atoms with Gasteiger partial charge >= 0.3 is 6.18 Å². The lowest BCUT2D eigenvalue weighted by Gasteiger charge is -2.22. The minimum Gasteiger partial charge on any atom is -0.488 e. The van der Waals surface area contributed by atoms with Crippen LogP contribution in [-0.4, -0.2) is 28.8 Å². The third-order valence-corrected chi connectivity index (χ3v) is 4.47. The van der Waals surface area contributed by atoms with Crippen molar-refractivity contribution in [1.29, 1.82) is 0 Å². The van der Waals surface area contributed by atoms with E-state index in [1.54, 1.807) is 6.07 Å². The predicted molar refractivity (Wildman–Crippen MR) is 91.0 cm³/mol. The molecule has 0 radical (unpaired) electrons. The maximum absolute atomic E-state index is 13.7. The number of benzene rings is 1. The van der Waals surface area contributed by atoms with Gasteiger partial charge < -0.3 is 4.74 Å². The zero-order valence-corrected chi connectivity index (χ0v) is 14.4. The van der Waals surface area contributed by atoms with E-state index < -0.39 is 18.5 Å². The average Bonchev–Trinajstić information content (AvgIpc) is 3.06. The van der Waals surface area contributed by atoms with E-state index in [4.69, 9.17) is 4.74 Å². The molecule has 1 aliphatic rings. The zero-order valence-electron chi connectivity index (χ0n) is 14.4. The molecule has 8 heteroatoms. The summed E-state index contributed by atoms with van der Waals surface area (Å²) in [5.74, 6) is -0.560. The number of rotatable bonds is 6. The smallest absolute Gasteiger partial charge is 0.408 e. The molecule has 0 amide bonds. The molecule has 0 fully saturated rings. The lowest BCUT2D eigenvalue weighted by Crippen LogP contribution is -2.21. The number of carbonyl (C=O) groups is 1. The normalized spacial score (nSPS) is 15.1. The van der Waals surface area contributed by atoms with E-state index in [0.29, 0.717) is 24.8 Å². The molecule has 1 aromatic carbocycles. The van der Waals surface area contributed by atoms with Crippen molar-refractivity contribution in [3.63, 3.8) is 0 Å². The van der Waals surface area contributed by atoms with Gasteiger partial charge in [0.15, 0.2) is 6.29 Å². The molecule has 1 aliphatic carbocycles. The number of aromatic nitrogens is 2. The molecule has 3 rings (SSSR count). The summed E-state index contributed by atoms with van der Waals surface area (Å²) in [5.41, 5.74) is 1.86. The fourth-order valence-corrected chi connectivity index (χ4v) is 3.24. The van der Waals surface area contributed by atoms with Crippen LogP contribution in [0.3, 0.4) is 0 Å². The quantitative estimate of drug-likeness (QED) is 0.532. The average molecular weight is 382 g/mol. The summed E-state index contributed by atoms with van der Waals surface area (Å²) in [6.07, 6.45) is 0.392. The first kappa shape index (κ1) is 19.1. The van der Waals surface area contributed by atoms with E-state index in [1.807, 2.05) is 0 Å². The monoisotopic (exact) mass is 382 g/mol. The molecule has 0 N–H and O–H groups in total. The molecule has 0 spiro atoms. The Hall–Kier alpha value is -2.64. The van der Waals surface area contributed by atoms with Crippen molar-refractivity contribution in [1.82, 2.24) is 9.78 Å². The van der Waals surface area contributed by atoms with Crippen LogP contribution in [0.25, 0.3) is 5.57 Å². The highest BCUT2D eigenvalue weighted by molar-refractivity contribution is 5.79. The Balaban J connectivity index is 1.87. The number of aldehydes is 1. The molecule has 0 bridgehead atoms. The molecular formula is C19H18F4N2O2. The SMILES string of the molecule is O=Cc1c(F)cccc1OCC1=C(c2ccnn2CC(F)(F)F)CCCC1. The van der Waals surface area contributed by atoms with Crippen LogP contribution in [0.4, 0.5) is 17.6 Å². The van der Waals surface area contributed by atoms with Crippen LogP contribution < -0.4 is 4.74 Å². The maximum atomic E-state index is 13.7. The molecule has 1 heterocycles. The second-order valence-electron chi connectivity index (χ2n) is 6.34. The Morgan fingerprint density at radius 1 is 1.19 bits per heavy atom. The highest BCUT2D eigenvalue weighted by Gasteiger charge is 2.30. The van der Waals surface area contributed by atoms with Crippen molar-refractivity contribution >= 4 is 11.9 Å². The highest BCUT2D eigenvalue weighted by Crippen LogP contribution is 2.34. The van der Waals surface area contributed by atoms with Crippen molar-refractivity contribution in [3.8, 4) is 5.75 Å². The molecule has 2 aromatic rings. The number of halogens is 4. The first-order valence-corrected chi connectivity index (χ1v) is 8.55. The van der Waals surface area contributed by atoms with Gasteiger partial charge in [0, 0.05) is 6.20 Å². The van der Waals surface area contributed by atoms with E-state index in [9.17, 15) is 22.4 Å². The predicted octanol–water partition coefficient (Wildman–Crippen LogP) is 4.80. The number of nitrogens with zero attached hydrogens (tertiary/aromatic N) is 2. The second kappa shape index (κ2) is 7.94. The Labute approximate surface area is 153 Å². The number of alkyl halides is 3. The van der Waals surface area contributed by atoms with Gasteiger partial charge in [-0.25, -0.2) is 4.39 Å². The van der Waals surface area contributed by atoms with Crippen molar-refractivity contribution in [2.75, 3.05) is 6.61 Å². The first-order chi connectivity index (χ1) is 12.9. The van der Waals surface area contributed by atoms with E-state index in [0.717, 1.165) is 34.7 Å². The van der Waals surface area contributed by atoms with Crippen LogP contribution >= 0.6 is 0 Å². The third-order valence-electron chi connectivity index (χ3n) is 4.47.